The summed E-state index contributed by atoms with van der Waals surface area (Å²) in [6, 6.07) is 0. The van der Waals surface area contributed by atoms with Crippen LogP contribution in [0.2, 0.25) is 0 Å². The first-order valence-corrected chi connectivity index (χ1v) is 8.46. The van der Waals surface area contributed by atoms with Gasteiger partial charge in [-0.1, -0.05) is 20.8 Å². The predicted octanol–water partition coefficient (Wildman–Crippen LogP) is 3.95. The third kappa shape index (κ3) is 3.28. The first-order valence-electron chi connectivity index (χ1n) is 7.66. The van der Waals surface area contributed by atoms with E-state index in [1.807, 2.05) is 6.20 Å². The lowest BCUT2D eigenvalue weighted by Gasteiger charge is -2.42. The summed E-state index contributed by atoms with van der Waals surface area (Å²) < 4.78 is 3.23. The highest BCUT2D eigenvalue weighted by molar-refractivity contribution is 9.10. The fraction of sp³-hybridized carbons (Fsp3) is 0.812. The zero-order valence-corrected chi connectivity index (χ0v) is 15.0. The van der Waals surface area contributed by atoms with Crippen LogP contribution in [0, 0.1) is 17.3 Å². The fourth-order valence-corrected chi connectivity index (χ4v) is 4.34. The van der Waals surface area contributed by atoms with Gasteiger partial charge < -0.3 is 5.32 Å². The number of halogens is 1. The van der Waals surface area contributed by atoms with Gasteiger partial charge in [-0.3, -0.25) is 4.68 Å². The standard InChI is InChI=1S/C16H28BrN3/c1-16(2,3)12-7-6-11(9-18-4)13(8-12)15-14(17)10-19-20(15)5/h10-13,18H,6-9H2,1-5H3. The topological polar surface area (TPSA) is 29.9 Å². The normalized spacial score (nSPS) is 27.8. The first-order chi connectivity index (χ1) is 9.34. The molecular weight excluding hydrogens is 314 g/mol. The second-order valence-electron chi connectivity index (χ2n) is 7.30. The quantitative estimate of drug-likeness (QED) is 0.901. The molecule has 1 aromatic heterocycles. The molecule has 4 heteroatoms. The molecule has 0 radical (unpaired) electrons. The zero-order valence-electron chi connectivity index (χ0n) is 13.4. The van der Waals surface area contributed by atoms with Crippen LogP contribution in [-0.2, 0) is 7.05 Å². The molecule has 0 aromatic carbocycles. The summed E-state index contributed by atoms with van der Waals surface area (Å²) in [5.41, 5.74) is 1.77. The Morgan fingerprint density at radius 2 is 2.10 bits per heavy atom. The van der Waals surface area contributed by atoms with Gasteiger partial charge in [0.25, 0.3) is 0 Å². The minimum Gasteiger partial charge on any atom is -0.319 e. The summed E-state index contributed by atoms with van der Waals surface area (Å²) in [5, 5.41) is 7.80. The summed E-state index contributed by atoms with van der Waals surface area (Å²) in [4.78, 5) is 0. The maximum atomic E-state index is 4.42. The van der Waals surface area contributed by atoms with Crippen LogP contribution in [0.1, 0.15) is 51.6 Å². The van der Waals surface area contributed by atoms with Crippen molar-refractivity contribution >= 4 is 15.9 Å². The molecule has 1 fully saturated rings. The number of aryl methyl sites for hydroxylation is 1. The van der Waals surface area contributed by atoms with E-state index < -0.39 is 0 Å². The number of nitrogens with zero attached hydrogens (tertiary/aromatic N) is 2. The Morgan fingerprint density at radius 1 is 1.40 bits per heavy atom. The SMILES string of the molecule is CNCC1CCC(C(C)(C)C)CC1c1c(Br)cnn1C. The van der Waals surface area contributed by atoms with Crippen LogP contribution in [0.15, 0.2) is 10.7 Å². The van der Waals surface area contributed by atoms with Gasteiger partial charge in [0.2, 0.25) is 0 Å². The van der Waals surface area contributed by atoms with Gasteiger partial charge in [0.1, 0.15) is 0 Å². The summed E-state index contributed by atoms with van der Waals surface area (Å²) >= 11 is 3.70. The summed E-state index contributed by atoms with van der Waals surface area (Å²) in [6.07, 6.45) is 5.87. The lowest BCUT2D eigenvalue weighted by atomic mass is 9.64. The molecule has 3 nitrogen and oxygen atoms in total. The van der Waals surface area contributed by atoms with Crippen molar-refractivity contribution in [1.29, 1.82) is 0 Å². The van der Waals surface area contributed by atoms with Crippen molar-refractivity contribution in [1.82, 2.24) is 15.1 Å². The second kappa shape index (κ2) is 6.18. The molecule has 1 aromatic rings. The van der Waals surface area contributed by atoms with E-state index in [1.54, 1.807) is 0 Å². The highest BCUT2D eigenvalue weighted by Gasteiger charge is 2.38. The van der Waals surface area contributed by atoms with E-state index in [2.05, 4.69) is 65.9 Å². The lowest BCUT2D eigenvalue weighted by molar-refractivity contribution is 0.127. The highest BCUT2D eigenvalue weighted by Crippen LogP contribution is 2.47. The molecule has 20 heavy (non-hydrogen) atoms. The molecule has 0 aliphatic heterocycles. The molecule has 0 amide bonds. The predicted molar refractivity (Wildman–Crippen MR) is 87.9 cm³/mol. The maximum absolute atomic E-state index is 4.42. The van der Waals surface area contributed by atoms with E-state index >= 15 is 0 Å². The van der Waals surface area contributed by atoms with Gasteiger partial charge in [0.05, 0.1) is 16.4 Å². The maximum Gasteiger partial charge on any atom is 0.0635 e. The molecule has 3 atom stereocenters. The van der Waals surface area contributed by atoms with E-state index in [4.69, 9.17) is 0 Å². The molecular formula is C16H28BrN3. The van der Waals surface area contributed by atoms with Gasteiger partial charge in [-0.05, 0) is 66.0 Å². The molecule has 1 aliphatic rings. The average molecular weight is 342 g/mol. The van der Waals surface area contributed by atoms with Gasteiger partial charge in [0, 0.05) is 13.0 Å². The van der Waals surface area contributed by atoms with E-state index in [0.29, 0.717) is 17.3 Å². The molecule has 114 valence electrons. The Kier molecular flexibility index (Phi) is 4.96. The summed E-state index contributed by atoms with van der Waals surface area (Å²) in [6.45, 7) is 8.24. The highest BCUT2D eigenvalue weighted by atomic mass is 79.9. The summed E-state index contributed by atoms with van der Waals surface area (Å²) in [5.74, 6) is 2.11. The monoisotopic (exact) mass is 341 g/mol. The molecule has 0 spiro atoms. The van der Waals surface area contributed by atoms with Crippen LogP contribution in [-0.4, -0.2) is 23.4 Å². The number of hydrogen-bond donors (Lipinski definition) is 1. The number of rotatable bonds is 3. The molecule has 3 unspecified atom stereocenters. The number of hydrogen-bond acceptors (Lipinski definition) is 2. The van der Waals surface area contributed by atoms with Gasteiger partial charge in [0.15, 0.2) is 0 Å². The van der Waals surface area contributed by atoms with Crippen LogP contribution in [0.25, 0.3) is 0 Å². The summed E-state index contributed by atoms with van der Waals surface area (Å²) in [7, 11) is 4.13. The van der Waals surface area contributed by atoms with Crippen molar-refractivity contribution in [3.63, 3.8) is 0 Å². The molecule has 2 rings (SSSR count). The van der Waals surface area contributed by atoms with E-state index in [0.717, 1.165) is 12.5 Å². The molecule has 1 N–H and O–H groups in total. The van der Waals surface area contributed by atoms with Crippen molar-refractivity contribution in [3.8, 4) is 0 Å². The Hall–Kier alpha value is -0.350. The molecule has 1 aliphatic carbocycles. The van der Waals surface area contributed by atoms with E-state index in [1.165, 1.54) is 29.4 Å². The van der Waals surface area contributed by atoms with Crippen LogP contribution in [0.5, 0.6) is 0 Å². The van der Waals surface area contributed by atoms with Gasteiger partial charge in [-0.2, -0.15) is 5.10 Å². The van der Waals surface area contributed by atoms with Crippen molar-refractivity contribution in [2.24, 2.45) is 24.3 Å². The van der Waals surface area contributed by atoms with E-state index in [9.17, 15) is 0 Å². The average Bonchev–Trinajstić information content (AvgIpc) is 2.69. The smallest absolute Gasteiger partial charge is 0.0635 e. The second-order valence-corrected chi connectivity index (χ2v) is 8.16. The van der Waals surface area contributed by atoms with Crippen molar-refractivity contribution in [2.45, 2.75) is 46.0 Å². The van der Waals surface area contributed by atoms with E-state index in [-0.39, 0.29) is 0 Å². The van der Waals surface area contributed by atoms with Crippen LogP contribution in [0.4, 0.5) is 0 Å². The van der Waals surface area contributed by atoms with Crippen molar-refractivity contribution in [3.05, 3.63) is 16.4 Å². The number of nitrogens with one attached hydrogen (secondary N) is 1. The van der Waals surface area contributed by atoms with Gasteiger partial charge in [-0.25, -0.2) is 0 Å². The Bertz CT molecular complexity index is 428. The van der Waals surface area contributed by atoms with Crippen molar-refractivity contribution < 1.29 is 0 Å². The Morgan fingerprint density at radius 3 is 2.60 bits per heavy atom. The molecule has 1 saturated carbocycles. The Balaban J connectivity index is 2.28. The van der Waals surface area contributed by atoms with Crippen LogP contribution >= 0.6 is 15.9 Å². The third-order valence-electron chi connectivity index (χ3n) is 4.97. The van der Waals surface area contributed by atoms with Gasteiger partial charge in [-0.15, -0.1) is 0 Å². The molecule has 0 bridgehead atoms. The first kappa shape index (κ1) is 16.0. The Labute approximate surface area is 131 Å². The van der Waals surface area contributed by atoms with Crippen molar-refractivity contribution in [2.75, 3.05) is 13.6 Å². The van der Waals surface area contributed by atoms with Gasteiger partial charge >= 0.3 is 0 Å². The zero-order chi connectivity index (χ0) is 14.9. The molecule has 1 heterocycles. The van der Waals surface area contributed by atoms with Crippen LogP contribution < -0.4 is 5.32 Å². The minimum atomic E-state index is 0.397. The molecule has 0 saturated heterocycles. The third-order valence-corrected chi connectivity index (χ3v) is 5.58. The lowest BCUT2D eigenvalue weighted by Crippen LogP contribution is -2.35. The largest absolute Gasteiger partial charge is 0.319 e. The minimum absolute atomic E-state index is 0.397. The fourth-order valence-electron chi connectivity index (χ4n) is 3.70. The van der Waals surface area contributed by atoms with Crippen LogP contribution in [0.3, 0.4) is 0 Å². The number of aromatic nitrogens is 2.